The van der Waals surface area contributed by atoms with E-state index in [1.54, 1.807) is 4.90 Å². The molecule has 0 saturated carbocycles. The van der Waals surface area contributed by atoms with E-state index >= 15 is 0 Å². The SMILES string of the molecule is O=C1C[C@H]2C=C[C@@H](C1)N2C(=O)OCc1ccccc1. The first kappa shape index (κ1) is 12.0. The highest BCUT2D eigenvalue weighted by molar-refractivity contribution is 5.84. The predicted molar refractivity (Wildman–Crippen MR) is 69.4 cm³/mol. The van der Waals surface area contributed by atoms with Crippen molar-refractivity contribution in [3.8, 4) is 0 Å². The van der Waals surface area contributed by atoms with Crippen LogP contribution in [0.2, 0.25) is 0 Å². The lowest BCUT2D eigenvalue weighted by molar-refractivity contribution is -0.122. The molecule has 0 radical (unpaired) electrons. The van der Waals surface area contributed by atoms with Crippen LogP contribution in [0.4, 0.5) is 4.79 Å². The fraction of sp³-hybridized carbons (Fsp3) is 0.333. The number of ether oxygens (including phenoxy) is 1. The summed E-state index contributed by atoms with van der Waals surface area (Å²) in [6.07, 6.45) is 4.34. The lowest BCUT2D eigenvalue weighted by Gasteiger charge is -2.33. The highest BCUT2D eigenvalue weighted by Crippen LogP contribution is 2.29. The van der Waals surface area contributed by atoms with E-state index in [2.05, 4.69) is 0 Å². The molecule has 1 amide bonds. The van der Waals surface area contributed by atoms with Crippen LogP contribution in [0.5, 0.6) is 0 Å². The first-order chi connectivity index (χ1) is 9.24. The third-order valence-corrected chi connectivity index (χ3v) is 3.56. The summed E-state index contributed by atoms with van der Waals surface area (Å²) >= 11 is 0. The van der Waals surface area contributed by atoms with E-state index in [0.29, 0.717) is 12.8 Å². The van der Waals surface area contributed by atoms with Gasteiger partial charge >= 0.3 is 6.09 Å². The summed E-state index contributed by atoms with van der Waals surface area (Å²) in [7, 11) is 0. The average molecular weight is 257 g/mol. The zero-order valence-corrected chi connectivity index (χ0v) is 10.5. The van der Waals surface area contributed by atoms with Crippen LogP contribution < -0.4 is 0 Å². The second-order valence-corrected chi connectivity index (χ2v) is 4.91. The summed E-state index contributed by atoms with van der Waals surface area (Å²) in [5, 5.41) is 0. The predicted octanol–water partition coefficient (Wildman–Crippen LogP) is 2.30. The van der Waals surface area contributed by atoms with Crippen molar-refractivity contribution in [2.75, 3.05) is 0 Å². The van der Waals surface area contributed by atoms with Gasteiger partial charge < -0.3 is 4.74 Å². The second-order valence-electron chi connectivity index (χ2n) is 4.91. The number of nitrogens with zero attached hydrogens (tertiary/aromatic N) is 1. The summed E-state index contributed by atoms with van der Waals surface area (Å²) in [6.45, 7) is 0.267. The molecule has 2 heterocycles. The molecule has 1 aromatic carbocycles. The van der Waals surface area contributed by atoms with Crippen molar-refractivity contribution in [2.45, 2.75) is 31.5 Å². The molecule has 4 heteroatoms. The zero-order chi connectivity index (χ0) is 13.2. The van der Waals surface area contributed by atoms with Gasteiger partial charge in [0.15, 0.2) is 0 Å². The molecule has 98 valence electrons. The van der Waals surface area contributed by atoms with Gasteiger partial charge in [-0.15, -0.1) is 0 Å². The molecule has 1 aromatic rings. The summed E-state index contributed by atoms with van der Waals surface area (Å²) < 4.78 is 5.32. The molecule has 0 spiro atoms. The van der Waals surface area contributed by atoms with Crippen molar-refractivity contribution < 1.29 is 14.3 Å². The van der Waals surface area contributed by atoms with Crippen LogP contribution in [0.3, 0.4) is 0 Å². The Kier molecular flexibility index (Phi) is 3.07. The quantitative estimate of drug-likeness (QED) is 0.764. The molecule has 19 heavy (non-hydrogen) atoms. The minimum Gasteiger partial charge on any atom is -0.445 e. The fourth-order valence-electron chi connectivity index (χ4n) is 2.64. The Balaban J connectivity index is 1.61. The molecule has 1 saturated heterocycles. The Bertz CT molecular complexity index is 505. The number of fused-ring (bicyclic) bond motifs is 2. The lowest BCUT2D eigenvalue weighted by atomic mass is 10.0. The summed E-state index contributed by atoms with van der Waals surface area (Å²) in [5.41, 5.74) is 0.962. The number of hydrogen-bond donors (Lipinski definition) is 0. The molecule has 1 fully saturated rings. The number of benzene rings is 1. The number of Topliss-reactive ketones (excluding diaryl/α,β-unsaturated/α-hetero) is 1. The second kappa shape index (κ2) is 4.88. The zero-order valence-electron chi connectivity index (χ0n) is 10.5. The molecule has 0 N–H and O–H groups in total. The van der Waals surface area contributed by atoms with Gasteiger partial charge in [0, 0.05) is 12.8 Å². The number of amides is 1. The van der Waals surface area contributed by atoms with Crippen molar-refractivity contribution in [3.63, 3.8) is 0 Å². The average Bonchev–Trinajstić information content (AvgIpc) is 2.70. The summed E-state index contributed by atoms with van der Waals surface area (Å²) in [5.74, 6) is 0.215. The molecular weight excluding hydrogens is 242 g/mol. The van der Waals surface area contributed by atoms with Crippen LogP contribution >= 0.6 is 0 Å². The fourth-order valence-corrected chi connectivity index (χ4v) is 2.64. The highest BCUT2D eigenvalue weighted by atomic mass is 16.6. The van der Waals surface area contributed by atoms with Crippen LogP contribution in [0.15, 0.2) is 42.5 Å². The van der Waals surface area contributed by atoms with Gasteiger partial charge in [0.25, 0.3) is 0 Å². The first-order valence-corrected chi connectivity index (χ1v) is 6.43. The van der Waals surface area contributed by atoms with Crippen molar-refractivity contribution in [1.82, 2.24) is 4.90 Å². The Hall–Kier alpha value is -2.10. The molecule has 4 nitrogen and oxygen atoms in total. The molecular formula is C15H15NO3. The van der Waals surface area contributed by atoms with Crippen LogP contribution in [0.1, 0.15) is 18.4 Å². The minimum absolute atomic E-state index is 0.116. The first-order valence-electron chi connectivity index (χ1n) is 6.43. The van der Waals surface area contributed by atoms with Gasteiger partial charge in [0.05, 0.1) is 12.1 Å². The van der Waals surface area contributed by atoms with Gasteiger partial charge in [0.2, 0.25) is 0 Å². The number of piperidine rings is 1. The third-order valence-electron chi connectivity index (χ3n) is 3.56. The topological polar surface area (TPSA) is 46.6 Å². The number of carbonyl (C=O) groups excluding carboxylic acids is 2. The van der Waals surface area contributed by atoms with E-state index in [1.165, 1.54) is 0 Å². The third kappa shape index (κ3) is 2.38. The van der Waals surface area contributed by atoms with E-state index in [9.17, 15) is 9.59 Å². The number of carbonyl (C=O) groups is 2. The van der Waals surface area contributed by atoms with Crippen molar-refractivity contribution in [1.29, 1.82) is 0 Å². The molecule has 0 aliphatic carbocycles. The van der Waals surface area contributed by atoms with Crippen LogP contribution in [-0.2, 0) is 16.1 Å². The van der Waals surface area contributed by atoms with Crippen molar-refractivity contribution in [3.05, 3.63) is 48.0 Å². The van der Waals surface area contributed by atoms with Gasteiger partial charge in [-0.05, 0) is 5.56 Å². The van der Waals surface area contributed by atoms with Crippen LogP contribution in [0.25, 0.3) is 0 Å². The van der Waals surface area contributed by atoms with E-state index in [0.717, 1.165) is 5.56 Å². The Labute approximate surface area is 111 Å². The maximum Gasteiger partial charge on any atom is 0.411 e. The van der Waals surface area contributed by atoms with Gasteiger partial charge in [-0.2, -0.15) is 0 Å². The normalized spacial score (nSPS) is 24.6. The molecule has 3 rings (SSSR count). The van der Waals surface area contributed by atoms with Gasteiger partial charge in [-0.1, -0.05) is 42.5 Å². The maximum atomic E-state index is 12.1. The number of hydrogen-bond acceptors (Lipinski definition) is 3. The maximum absolute atomic E-state index is 12.1. The monoisotopic (exact) mass is 257 g/mol. The number of rotatable bonds is 2. The lowest BCUT2D eigenvalue weighted by Crippen LogP contribution is -2.47. The Morgan fingerprint density at radius 1 is 1.16 bits per heavy atom. The van der Waals surface area contributed by atoms with E-state index in [1.807, 2.05) is 42.5 Å². The molecule has 2 bridgehead atoms. The van der Waals surface area contributed by atoms with E-state index in [4.69, 9.17) is 4.74 Å². The van der Waals surface area contributed by atoms with E-state index in [-0.39, 0.29) is 30.6 Å². The van der Waals surface area contributed by atoms with Gasteiger partial charge in [-0.3, -0.25) is 9.69 Å². The van der Waals surface area contributed by atoms with E-state index < -0.39 is 0 Å². The Morgan fingerprint density at radius 2 is 1.79 bits per heavy atom. The molecule has 0 aromatic heterocycles. The van der Waals surface area contributed by atoms with Crippen LogP contribution in [0, 0.1) is 0 Å². The highest BCUT2D eigenvalue weighted by Gasteiger charge is 2.40. The molecule has 2 atom stereocenters. The standard InChI is InChI=1S/C15H15NO3/c17-14-8-12-6-7-13(9-14)16(12)15(18)19-10-11-4-2-1-3-5-11/h1-7,12-13H,8-10H2/t12-,13+. The summed E-state index contributed by atoms with van der Waals surface area (Å²) in [4.78, 5) is 25.2. The molecule has 2 aliphatic heterocycles. The molecule has 2 aliphatic rings. The van der Waals surface area contributed by atoms with Crippen LogP contribution in [-0.4, -0.2) is 28.9 Å². The smallest absolute Gasteiger partial charge is 0.411 e. The van der Waals surface area contributed by atoms with Gasteiger partial charge in [-0.25, -0.2) is 4.79 Å². The largest absolute Gasteiger partial charge is 0.445 e. The summed E-state index contributed by atoms with van der Waals surface area (Å²) in [6, 6.07) is 9.34. The Morgan fingerprint density at radius 3 is 2.42 bits per heavy atom. The van der Waals surface area contributed by atoms with Gasteiger partial charge in [0.1, 0.15) is 12.4 Å². The van der Waals surface area contributed by atoms with Crippen molar-refractivity contribution in [2.24, 2.45) is 0 Å². The van der Waals surface area contributed by atoms with Crippen molar-refractivity contribution >= 4 is 11.9 Å². The molecule has 0 unspecified atom stereocenters. The minimum atomic E-state index is -0.337. The number of ketones is 1.